The van der Waals surface area contributed by atoms with Gasteiger partial charge in [0.25, 0.3) is 0 Å². The molecule has 8 nitrogen and oxygen atoms in total. The van der Waals surface area contributed by atoms with Crippen molar-refractivity contribution in [3.8, 4) is 0 Å². The van der Waals surface area contributed by atoms with Crippen molar-refractivity contribution in [3.63, 3.8) is 0 Å². The fourth-order valence-electron chi connectivity index (χ4n) is 2.83. The second-order valence-corrected chi connectivity index (χ2v) is 5.18. The highest BCUT2D eigenvalue weighted by Crippen LogP contribution is 2.39. The van der Waals surface area contributed by atoms with E-state index in [4.69, 9.17) is 4.42 Å². The average Bonchev–Trinajstić information content (AvgIpc) is 3.23. The quantitative estimate of drug-likeness (QED) is 0.485. The number of pyridine rings is 1. The van der Waals surface area contributed by atoms with Crippen molar-refractivity contribution in [3.05, 3.63) is 52.1 Å². The van der Waals surface area contributed by atoms with E-state index in [1.165, 1.54) is 19.4 Å². The van der Waals surface area contributed by atoms with Crippen LogP contribution in [0.1, 0.15) is 35.0 Å². The summed E-state index contributed by atoms with van der Waals surface area (Å²) in [5, 5.41) is 11.4. The molecule has 0 radical (unpaired) electrons. The minimum Gasteiger partial charge on any atom is -0.467 e. The monoisotopic (exact) mass is 317 g/mol. The van der Waals surface area contributed by atoms with Crippen LogP contribution in [0.25, 0.3) is 0 Å². The first-order valence-electron chi connectivity index (χ1n) is 7.14. The Kier molecular flexibility index (Phi) is 3.96. The fourth-order valence-corrected chi connectivity index (χ4v) is 2.83. The largest absolute Gasteiger partial charge is 0.467 e. The number of hydrogen-bond acceptors (Lipinski definition) is 7. The van der Waals surface area contributed by atoms with Crippen LogP contribution >= 0.6 is 0 Å². The van der Waals surface area contributed by atoms with Gasteiger partial charge in [0.05, 0.1) is 29.9 Å². The van der Waals surface area contributed by atoms with Crippen LogP contribution < -0.4 is 4.90 Å². The summed E-state index contributed by atoms with van der Waals surface area (Å²) in [6, 6.07) is 4.73. The Labute approximate surface area is 131 Å². The number of hydrogen-bond donors (Lipinski definition) is 0. The number of carbonyl (C=O) groups excluding carboxylic acids is 1. The molecule has 0 aliphatic carbocycles. The summed E-state index contributed by atoms with van der Waals surface area (Å²) in [6.07, 6.45) is 4.58. The molecule has 2 aromatic rings. The van der Waals surface area contributed by atoms with E-state index in [9.17, 15) is 14.9 Å². The molecule has 8 heteroatoms. The van der Waals surface area contributed by atoms with E-state index in [-0.39, 0.29) is 23.1 Å². The molecule has 0 saturated carbocycles. The number of nitro groups is 1. The Morgan fingerprint density at radius 2 is 2.39 bits per heavy atom. The Morgan fingerprint density at radius 1 is 1.57 bits per heavy atom. The molecule has 1 aliphatic heterocycles. The number of ether oxygens (including phenoxy) is 1. The predicted octanol–water partition coefficient (Wildman–Crippen LogP) is 2.71. The summed E-state index contributed by atoms with van der Waals surface area (Å²) in [5.41, 5.74) is -0.164. The van der Waals surface area contributed by atoms with Crippen LogP contribution in [-0.2, 0) is 4.74 Å². The SMILES string of the molecule is COC(=O)c1cnc(N2CCCC2c2ccco2)c([N+](=O)[O-])c1. The molecule has 3 heterocycles. The maximum atomic E-state index is 11.6. The predicted molar refractivity (Wildman–Crippen MR) is 80.3 cm³/mol. The van der Waals surface area contributed by atoms with Gasteiger partial charge in [0.1, 0.15) is 5.76 Å². The minimum absolute atomic E-state index is 0.0525. The van der Waals surface area contributed by atoms with Crippen LogP contribution in [0.15, 0.2) is 35.1 Å². The zero-order valence-electron chi connectivity index (χ0n) is 12.5. The van der Waals surface area contributed by atoms with E-state index in [2.05, 4.69) is 9.72 Å². The van der Waals surface area contributed by atoms with E-state index in [0.29, 0.717) is 6.54 Å². The van der Waals surface area contributed by atoms with Crippen LogP contribution in [-0.4, -0.2) is 29.5 Å². The molecule has 120 valence electrons. The molecule has 1 atom stereocenters. The number of esters is 1. The summed E-state index contributed by atoms with van der Waals surface area (Å²) in [7, 11) is 1.22. The van der Waals surface area contributed by atoms with Crippen molar-refractivity contribution in [2.75, 3.05) is 18.6 Å². The van der Waals surface area contributed by atoms with Gasteiger partial charge in [-0.2, -0.15) is 0 Å². The first kappa shape index (κ1) is 15.0. The minimum atomic E-state index is -0.656. The third-order valence-corrected chi connectivity index (χ3v) is 3.86. The van der Waals surface area contributed by atoms with Crippen molar-refractivity contribution in [1.82, 2.24) is 4.98 Å². The topological polar surface area (TPSA) is 98.7 Å². The van der Waals surface area contributed by atoms with Gasteiger partial charge in [-0.25, -0.2) is 9.78 Å². The first-order valence-corrected chi connectivity index (χ1v) is 7.14. The lowest BCUT2D eigenvalue weighted by atomic mass is 10.1. The van der Waals surface area contributed by atoms with Crippen LogP contribution in [0, 0.1) is 10.1 Å². The Bertz CT molecular complexity index is 729. The van der Waals surface area contributed by atoms with Crippen molar-refractivity contribution in [2.45, 2.75) is 18.9 Å². The summed E-state index contributed by atoms with van der Waals surface area (Å²) in [4.78, 5) is 28.4. The van der Waals surface area contributed by atoms with Gasteiger partial charge in [0, 0.05) is 18.8 Å². The smallest absolute Gasteiger partial charge is 0.339 e. The molecule has 0 N–H and O–H groups in total. The Hall–Kier alpha value is -2.90. The van der Waals surface area contributed by atoms with Crippen molar-refractivity contribution >= 4 is 17.5 Å². The van der Waals surface area contributed by atoms with Gasteiger partial charge < -0.3 is 14.1 Å². The summed E-state index contributed by atoms with van der Waals surface area (Å²) in [6.45, 7) is 0.636. The average molecular weight is 317 g/mol. The van der Waals surface area contributed by atoms with Gasteiger partial charge >= 0.3 is 11.7 Å². The van der Waals surface area contributed by atoms with Crippen LogP contribution in [0.4, 0.5) is 11.5 Å². The van der Waals surface area contributed by atoms with Crippen LogP contribution in [0.2, 0.25) is 0 Å². The highest BCUT2D eigenvalue weighted by atomic mass is 16.6. The second-order valence-electron chi connectivity index (χ2n) is 5.18. The lowest BCUT2D eigenvalue weighted by Gasteiger charge is -2.23. The van der Waals surface area contributed by atoms with E-state index in [1.807, 2.05) is 11.0 Å². The maximum Gasteiger partial charge on any atom is 0.339 e. The van der Waals surface area contributed by atoms with Crippen molar-refractivity contribution in [1.29, 1.82) is 0 Å². The van der Waals surface area contributed by atoms with Gasteiger partial charge in [0.2, 0.25) is 5.82 Å². The number of aromatic nitrogens is 1. The molecule has 3 rings (SSSR count). The number of nitrogens with zero attached hydrogens (tertiary/aromatic N) is 3. The van der Waals surface area contributed by atoms with Gasteiger partial charge in [-0.15, -0.1) is 0 Å². The lowest BCUT2D eigenvalue weighted by molar-refractivity contribution is -0.384. The molecular formula is C15H15N3O5. The number of furan rings is 1. The van der Waals surface area contributed by atoms with Gasteiger partial charge in [-0.3, -0.25) is 10.1 Å². The standard InChI is InChI=1S/C15H15N3O5/c1-22-15(19)10-8-12(18(20)21)14(16-9-10)17-6-2-4-11(17)13-5-3-7-23-13/h3,5,7-9,11H,2,4,6H2,1H3. The van der Waals surface area contributed by atoms with Gasteiger partial charge in [-0.1, -0.05) is 0 Å². The highest BCUT2D eigenvalue weighted by Gasteiger charge is 2.34. The lowest BCUT2D eigenvalue weighted by Crippen LogP contribution is -2.24. The first-order chi connectivity index (χ1) is 11.1. The summed E-state index contributed by atoms with van der Waals surface area (Å²) < 4.78 is 10.0. The molecule has 1 fully saturated rings. The molecule has 0 bridgehead atoms. The van der Waals surface area contributed by atoms with Crippen molar-refractivity contribution < 1.29 is 18.9 Å². The zero-order valence-corrected chi connectivity index (χ0v) is 12.5. The van der Waals surface area contributed by atoms with E-state index in [0.717, 1.165) is 18.6 Å². The maximum absolute atomic E-state index is 11.6. The van der Waals surface area contributed by atoms with Gasteiger partial charge in [-0.05, 0) is 25.0 Å². The second kappa shape index (κ2) is 6.07. The fraction of sp³-hybridized carbons (Fsp3) is 0.333. The molecule has 0 amide bonds. The molecule has 2 aromatic heterocycles. The third-order valence-electron chi connectivity index (χ3n) is 3.86. The van der Waals surface area contributed by atoms with Crippen molar-refractivity contribution in [2.24, 2.45) is 0 Å². The molecule has 0 spiro atoms. The Balaban J connectivity index is 2.01. The normalized spacial score (nSPS) is 17.3. The number of anilines is 1. The molecule has 1 unspecified atom stereocenters. The van der Waals surface area contributed by atoms with Crippen LogP contribution in [0.5, 0.6) is 0 Å². The van der Waals surface area contributed by atoms with Crippen LogP contribution in [0.3, 0.4) is 0 Å². The summed E-state index contributed by atoms with van der Waals surface area (Å²) >= 11 is 0. The molecule has 1 saturated heterocycles. The van der Waals surface area contributed by atoms with E-state index in [1.54, 1.807) is 12.3 Å². The summed E-state index contributed by atoms with van der Waals surface area (Å²) in [5.74, 6) is 0.327. The Morgan fingerprint density at radius 3 is 3.04 bits per heavy atom. The molecule has 1 aliphatic rings. The zero-order chi connectivity index (χ0) is 16.4. The molecule has 23 heavy (non-hydrogen) atoms. The van der Waals surface area contributed by atoms with E-state index < -0.39 is 10.9 Å². The van der Waals surface area contributed by atoms with Gasteiger partial charge in [0.15, 0.2) is 0 Å². The number of methoxy groups -OCH3 is 1. The van der Waals surface area contributed by atoms with E-state index >= 15 is 0 Å². The molecule has 0 aromatic carbocycles. The molecular weight excluding hydrogens is 302 g/mol. The highest BCUT2D eigenvalue weighted by molar-refractivity contribution is 5.90. The number of rotatable bonds is 4. The third kappa shape index (κ3) is 2.75. The number of carbonyl (C=O) groups is 1.